The molecule has 2 fully saturated rings. The molecule has 0 aromatic carbocycles. The second-order valence-electron chi connectivity index (χ2n) is 6.22. The Bertz CT molecular complexity index is 475. The summed E-state index contributed by atoms with van der Waals surface area (Å²) in [6.07, 6.45) is 4.98. The van der Waals surface area contributed by atoms with Crippen molar-refractivity contribution in [3.8, 4) is 5.88 Å². The summed E-state index contributed by atoms with van der Waals surface area (Å²) in [5.41, 5.74) is 6.57. The first kappa shape index (κ1) is 14.4. The molecule has 5 nitrogen and oxygen atoms in total. The van der Waals surface area contributed by atoms with Crippen molar-refractivity contribution in [2.24, 2.45) is 5.92 Å². The van der Waals surface area contributed by atoms with Gasteiger partial charge < -0.3 is 20.7 Å². The molecule has 3 N–H and O–H groups in total. The first-order chi connectivity index (χ1) is 10.2. The van der Waals surface area contributed by atoms with E-state index in [2.05, 4.69) is 22.1 Å². The van der Waals surface area contributed by atoms with Crippen molar-refractivity contribution in [1.82, 2.24) is 9.88 Å². The standard InChI is InChI=1S/C16H26N4O/c1-2-20-9-3-4-13(10-20)18-15-8-7-14(17)16(19-15)21-11-12-5-6-12/h7-8,12-13H,2-6,9-11,17H2,1H3,(H,18,19). The zero-order chi connectivity index (χ0) is 14.7. The fourth-order valence-electron chi connectivity index (χ4n) is 2.80. The van der Waals surface area contributed by atoms with Gasteiger partial charge in [-0.2, -0.15) is 4.98 Å². The maximum Gasteiger partial charge on any atom is 0.239 e. The van der Waals surface area contributed by atoms with Crippen LogP contribution in [-0.4, -0.2) is 42.2 Å². The molecule has 2 heterocycles. The molecule has 0 spiro atoms. The van der Waals surface area contributed by atoms with Crippen molar-refractivity contribution in [2.45, 2.75) is 38.6 Å². The monoisotopic (exact) mass is 290 g/mol. The minimum absolute atomic E-state index is 0.464. The number of hydrogen-bond acceptors (Lipinski definition) is 5. The minimum atomic E-state index is 0.464. The van der Waals surface area contributed by atoms with Gasteiger partial charge in [-0.05, 0) is 56.8 Å². The van der Waals surface area contributed by atoms with E-state index in [-0.39, 0.29) is 0 Å². The number of likely N-dealkylation sites (N-methyl/N-ethyl adjacent to an activating group) is 1. The number of nitrogens with one attached hydrogen (secondary N) is 1. The molecule has 116 valence electrons. The van der Waals surface area contributed by atoms with E-state index in [0.717, 1.165) is 25.5 Å². The zero-order valence-corrected chi connectivity index (χ0v) is 12.8. The van der Waals surface area contributed by atoms with Crippen LogP contribution in [0.4, 0.5) is 11.5 Å². The van der Waals surface area contributed by atoms with Gasteiger partial charge in [0.2, 0.25) is 5.88 Å². The fraction of sp³-hybridized carbons (Fsp3) is 0.688. The van der Waals surface area contributed by atoms with Gasteiger partial charge in [-0.15, -0.1) is 0 Å². The van der Waals surface area contributed by atoms with Crippen LogP contribution in [0.15, 0.2) is 12.1 Å². The molecule has 0 amide bonds. The molecular weight excluding hydrogens is 264 g/mol. The number of piperidine rings is 1. The van der Waals surface area contributed by atoms with Crippen LogP contribution in [0.1, 0.15) is 32.6 Å². The van der Waals surface area contributed by atoms with E-state index in [1.54, 1.807) is 0 Å². The topological polar surface area (TPSA) is 63.4 Å². The number of nitrogens with two attached hydrogens (primary N) is 1. The van der Waals surface area contributed by atoms with E-state index >= 15 is 0 Å². The molecule has 1 saturated carbocycles. The van der Waals surface area contributed by atoms with Crippen LogP contribution in [0.25, 0.3) is 0 Å². The normalized spacial score (nSPS) is 23.0. The summed E-state index contributed by atoms with van der Waals surface area (Å²) < 4.78 is 5.75. The van der Waals surface area contributed by atoms with E-state index in [0.29, 0.717) is 23.5 Å². The van der Waals surface area contributed by atoms with E-state index in [1.165, 1.54) is 32.2 Å². The van der Waals surface area contributed by atoms with Gasteiger partial charge in [-0.3, -0.25) is 0 Å². The molecule has 0 bridgehead atoms. The Morgan fingerprint density at radius 3 is 3.00 bits per heavy atom. The quantitative estimate of drug-likeness (QED) is 0.842. The van der Waals surface area contributed by atoms with Crippen LogP contribution in [0, 0.1) is 5.92 Å². The van der Waals surface area contributed by atoms with Gasteiger partial charge >= 0.3 is 0 Å². The number of rotatable bonds is 6. The Labute approximate surface area is 126 Å². The Balaban J connectivity index is 1.60. The highest BCUT2D eigenvalue weighted by atomic mass is 16.5. The fourth-order valence-corrected chi connectivity index (χ4v) is 2.80. The molecule has 3 rings (SSSR count). The van der Waals surface area contributed by atoms with Crippen LogP contribution in [0.3, 0.4) is 0 Å². The van der Waals surface area contributed by atoms with Crippen LogP contribution in [0.2, 0.25) is 0 Å². The third kappa shape index (κ3) is 4.00. The lowest BCUT2D eigenvalue weighted by atomic mass is 10.1. The molecular formula is C16H26N4O. The number of ether oxygens (including phenoxy) is 1. The summed E-state index contributed by atoms with van der Waals surface area (Å²) in [6.45, 7) is 6.37. The molecule has 1 aromatic rings. The SMILES string of the molecule is CCN1CCCC(Nc2ccc(N)c(OCC3CC3)n2)C1. The zero-order valence-electron chi connectivity index (χ0n) is 12.8. The summed E-state index contributed by atoms with van der Waals surface area (Å²) in [5, 5.41) is 3.53. The number of nitrogens with zero attached hydrogens (tertiary/aromatic N) is 2. The van der Waals surface area contributed by atoms with Crippen molar-refractivity contribution in [3.05, 3.63) is 12.1 Å². The lowest BCUT2D eigenvalue weighted by molar-refractivity contribution is 0.226. The predicted molar refractivity (Wildman–Crippen MR) is 85.6 cm³/mol. The second-order valence-corrected chi connectivity index (χ2v) is 6.22. The number of likely N-dealkylation sites (tertiary alicyclic amines) is 1. The number of hydrogen-bond donors (Lipinski definition) is 2. The summed E-state index contributed by atoms with van der Waals surface area (Å²) in [6, 6.07) is 4.30. The average Bonchev–Trinajstić information content (AvgIpc) is 3.32. The van der Waals surface area contributed by atoms with Gasteiger partial charge in [-0.1, -0.05) is 6.92 Å². The van der Waals surface area contributed by atoms with Crippen LogP contribution in [0.5, 0.6) is 5.88 Å². The third-order valence-electron chi connectivity index (χ3n) is 4.35. The van der Waals surface area contributed by atoms with Gasteiger partial charge in [0, 0.05) is 12.6 Å². The lowest BCUT2D eigenvalue weighted by Crippen LogP contribution is -2.41. The highest BCUT2D eigenvalue weighted by Gasteiger charge is 2.23. The Hall–Kier alpha value is -1.49. The lowest BCUT2D eigenvalue weighted by Gasteiger charge is -2.32. The molecule has 1 aliphatic carbocycles. The van der Waals surface area contributed by atoms with Gasteiger partial charge in [0.25, 0.3) is 0 Å². The maximum atomic E-state index is 5.95. The molecule has 21 heavy (non-hydrogen) atoms. The van der Waals surface area contributed by atoms with Crippen molar-refractivity contribution < 1.29 is 4.74 Å². The number of aromatic nitrogens is 1. The van der Waals surface area contributed by atoms with E-state index < -0.39 is 0 Å². The van der Waals surface area contributed by atoms with Crippen molar-refractivity contribution >= 4 is 11.5 Å². The Kier molecular flexibility index (Phi) is 4.48. The van der Waals surface area contributed by atoms with Crippen molar-refractivity contribution in [2.75, 3.05) is 37.3 Å². The molecule has 1 aromatic heterocycles. The first-order valence-corrected chi connectivity index (χ1v) is 8.13. The Morgan fingerprint density at radius 2 is 2.24 bits per heavy atom. The highest BCUT2D eigenvalue weighted by Crippen LogP contribution is 2.30. The number of pyridine rings is 1. The summed E-state index contributed by atoms with van der Waals surface area (Å²) in [5.74, 6) is 2.16. The van der Waals surface area contributed by atoms with Crippen LogP contribution >= 0.6 is 0 Å². The van der Waals surface area contributed by atoms with Gasteiger partial charge in [0.1, 0.15) is 5.82 Å². The van der Waals surface area contributed by atoms with Gasteiger partial charge in [0.05, 0.1) is 12.3 Å². The highest BCUT2D eigenvalue weighted by molar-refractivity contribution is 5.53. The van der Waals surface area contributed by atoms with Gasteiger partial charge in [-0.25, -0.2) is 0 Å². The molecule has 1 unspecified atom stereocenters. The smallest absolute Gasteiger partial charge is 0.239 e. The average molecular weight is 290 g/mol. The Morgan fingerprint density at radius 1 is 1.38 bits per heavy atom. The summed E-state index contributed by atoms with van der Waals surface area (Å²) >= 11 is 0. The largest absolute Gasteiger partial charge is 0.476 e. The van der Waals surface area contributed by atoms with E-state index in [9.17, 15) is 0 Å². The number of anilines is 2. The first-order valence-electron chi connectivity index (χ1n) is 8.13. The van der Waals surface area contributed by atoms with E-state index in [4.69, 9.17) is 10.5 Å². The van der Waals surface area contributed by atoms with E-state index in [1.807, 2.05) is 12.1 Å². The summed E-state index contributed by atoms with van der Waals surface area (Å²) in [4.78, 5) is 7.02. The van der Waals surface area contributed by atoms with Crippen LogP contribution in [-0.2, 0) is 0 Å². The molecule has 1 aliphatic heterocycles. The third-order valence-corrected chi connectivity index (χ3v) is 4.35. The minimum Gasteiger partial charge on any atom is -0.476 e. The van der Waals surface area contributed by atoms with Crippen molar-refractivity contribution in [3.63, 3.8) is 0 Å². The van der Waals surface area contributed by atoms with Crippen molar-refractivity contribution in [1.29, 1.82) is 0 Å². The number of nitrogen functional groups attached to an aromatic ring is 1. The molecule has 2 aliphatic rings. The molecule has 0 radical (unpaired) electrons. The predicted octanol–water partition coefficient (Wildman–Crippen LogP) is 2.35. The molecule has 1 saturated heterocycles. The van der Waals surface area contributed by atoms with Crippen LogP contribution < -0.4 is 15.8 Å². The van der Waals surface area contributed by atoms with Gasteiger partial charge in [0.15, 0.2) is 0 Å². The summed E-state index contributed by atoms with van der Waals surface area (Å²) in [7, 11) is 0. The molecule has 5 heteroatoms. The molecule has 1 atom stereocenters. The maximum absolute atomic E-state index is 5.95. The second kappa shape index (κ2) is 6.52.